The lowest BCUT2D eigenvalue weighted by atomic mass is 9.83. The van der Waals surface area contributed by atoms with E-state index < -0.39 is 5.38 Å². The minimum Gasteiger partial charge on any atom is -0.340 e. The quantitative estimate of drug-likeness (QED) is 0.730. The van der Waals surface area contributed by atoms with E-state index in [-0.39, 0.29) is 17.4 Å². The van der Waals surface area contributed by atoms with Crippen molar-refractivity contribution < 1.29 is 4.79 Å². The fraction of sp³-hybridized carbons (Fsp3) is 0.571. The number of nitrogens with zero attached hydrogens (tertiary/aromatic N) is 2. The summed E-state index contributed by atoms with van der Waals surface area (Å²) in [6, 6.07) is 5.41. The highest BCUT2D eigenvalue weighted by Crippen LogP contribution is 2.35. The van der Waals surface area contributed by atoms with E-state index in [9.17, 15) is 9.59 Å². The monoisotopic (exact) mass is 280 g/mol. The Bertz CT molecular complexity index is 567. The zero-order valence-corrected chi connectivity index (χ0v) is 11.6. The highest BCUT2D eigenvalue weighted by atomic mass is 35.5. The second-order valence-electron chi connectivity index (χ2n) is 5.56. The molecule has 0 radical (unpaired) electrons. The van der Waals surface area contributed by atoms with Gasteiger partial charge in [-0.15, -0.1) is 11.6 Å². The first kappa shape index (κ1) is 12.7. The van der Waals surface area contributed by atoms with Crippen molar-refractivity contribution >= 4 is 17.5 Å². The zero-order valence-electron chi connectivity index (χ0n) is 10.9. The summed E-state index contributed by atoms with van der Waals surface area (Å²) in [6.07, 6.45) is 1.06. The van der Waals surface area contributed by atoms with Gasteiger partial charge >= 0.3 is 0 Å². The van der Waals surface area contributed by atoms with Crippen molar-refractivity contribution in [1.82, 2.24) is 9.47 Å². The molecule has 4 nitrogen and oxygen atoms in total. The van der Waals surface area contributed by atoms with Gasteiger partial charge in [-0.2, -0.15) is 0 Å². The molecule has 3 heterocycles. The first-order valence-electron chi connectivity index (χ1n) is 6.69. The van der Waals surface area contributed by atoms with Crippen LogP contribution in [0, 0.1) is 5.92 Å². The summed E-state index contributed by atoms with van der Waals surface area (Å²) in [5.41, 5.74) is 1.13. The third kappa shape index (κ3) is 2.18. The number of rotatable bonds is 1. The molecule has 0 spiro atoms. The second-order valence-corrected chi connectivity index (χ2v) is 6.21. The summed E-state index contributed by atoms with van der Waals surface area (Å²) in [5.74, 6) is 0.634. The van der Waals surface area contributed by atoms with Gasteiger partial charge in [0.25, 0.3) is 5.56 Å². The number of likely N-dealkylation sites (tertiary alicyclic amines) is 1. The number of carbonyl (C=O) groups excluding carboxylic acids is 1. The molecule has 3 rings (SSSR count). The molecule has 1 fully saturated rings. The number of halogens is 1. The molecule has 102 valence electrons. The average molecular weight is 281 g/mol. The highest BCUT2D eigenvalue weighted by Gasteiger charge is 2.36. The number of hydrogen-bond acceptors (Lipinski definition) is 2. The van der Waals surface area contributed by atoms with Crippen LogP contribution in [0.5, 0.6) is 0 Å². The van der Waals surface area contributed by atoms with Gasteiger partial charge in [-0.05, 0) is 25.3 Å². The molecule has 1 aromatic heterocycles. The van der Waals surface area contributed by atoms with Crippen LogP contribution in [0.2, 0.25) is 0 Å². The van der Waals surface area contributed by atoms with Crippen LogP contribution in [-0.4, -0.2) is 33.8 Å². The van der Waals surface area contributed by atoms with Crippen molar-refractivity contribution in [2.24, 2.45) is 5.92 Å². The van der Waals surface area contributed by atoms with Crippen LogP contribution in [-0.2, 0) is 11.3 Å². The number of amides is 1. The van der Waals surface area contributed by atoms with Crippen molar-refractivity contribution in [3.63, 3.8) is 0 Å². The lowest BCUT2D eigenvalue weighted by Crippen LogP contribution is -2.50. The predicted octanol–water partition coefficient (Wildman–Crippen LogP) is 1.42. The Balaban J connectivity index is 1.92. The van der Waals surface area contributed by atoms with E-state index in [1.54, 1.807) is 19.1 Å². The maximum atomic E-state index is 12.0. The fourth-order valence-electron chi connectivity index (χ4n) is 3.33. The fourth-order valence-corrected chi connectivity index (χ4v) is 3.47. The van der Waals surface area contributed by atoms with Crippen LogP contribution < -0.4 is 5.56 Å². The Labute approximate surface area is 117 Å². The smallest absolute Gasteiger partial charge is 0.250 e. The van der Waals surface area contributed by atoms with Crippen molar-refractivity contribution in [2.45, 2.75) is 31.2 Å². The molecule has 0 aromatic carbocycles. The largest absolute Gasteiger partial charge is 0.340 e. The van der Waals surface area contributed by atoms with Gasteiger partial charge in [0, 0.05) is 37.3 Å². The number of alkyl halides is 1. The average Bonchev–Trinajstić information content (AvgIpc) is 2.39. The summed E-state index contributed by atoms with van der Waals surface area (Å²) in [4.78, 5) is 25.8. The molecule has 0 N–H and O–H groups in total. The number of aromatic nitrogens is 1. The summed E-state index contributed by atoms with van der Waals surface area (Å²) >= 11 is 5.90. The lowest BCUT2D eigenvalue weighted by molar-refractivity contribution is -0.133. The van der Waals surface area contributed by atoms with Gasteiger partial charge in [0.2, 0.25) is 5.91 Å². The SMILES string of the molecule is CC(Cl)C(=O)N1CC2CC(C1)c1cccc(=O)n1C2. The Morgan fingerprint density at radius 2 is 2.16 bits per heavy atom. The van der Waals surface area contributed by atoms with Crippen LogP contribution in [0.15, 0.2) is 23.0 Å². The summed E-state index contributed by atoms with van der Waals surface area (Å²) in [6.45, 7) is 3.82. The van der Waals surface area contributed by atoms with Crippen molar-refractivity contribution in [2.75, 3.05) is 13.1 Å². The normalized spacial score (nSPS) is 26.7. The first-order valence-corrected chi connectivity index (χ1v) is 7.12. The van der Waals surface area contributed by atoms with E-state index in [1.165, 1.54) is 0 Å². The third-order valence-electron chi connectivity index (χ3n) is 4.13. The van der Waals surface area contributed by atoms with E-state index in [0.29, 0.717) is 25.6 Å². The molecular formula is C14H17ClN2O2. The molecule has 3 unspecified atom stereocenters. The molecular weight excluding hydrogens is 264 g/mol. The summed E-state index contributed by atoms with van der Waals surface area (Å²) in [5, 5.41) is -0.475. The van der Waals surface area contributed by atoms with Crippen molar-refractivity contribution in [3.8, 4) is 0 Å². The van der Waals surface area contributed by atoms with Crippen LogP contribution >= 0.6 is 11.6 Å². The van der Waals surface area contributed by atoms with E-state index in [1.807, 2.05) is 15.5 Å². The van der Waals surface area contributed by atoms with Gasteiger partial charge in [-0.25, -0.2) is 0 Å². The van der Waals surface area contributed by atoms with Gasteiger partial charge in [-0.3, -0.25) is 9.59 Å². The molecule has 0 aliphatic carbocycles. The topological polar surface area (TPSA) is 42.3 Å². The lowest BCUT2D eigenvalue weighted by Gasteiger charge is -2.43. The van der Waals surface area contributed by atoms with Gasteiger partial charge in [0.05, 0.1) is 0 Å². The molecule has 3 atom stereocenters. The van der Waals surface area contributed by atoms with Crippen LogP contribution in [0.4, 0.5) is 0 Å². The zero-order chi connectivity index (χ0) is 13.6. The summed E-state index contributed by atoms with van der Waals surface area (Å²) in [7, 11) is 0. The molecule has 0 saturated carbocycles. The van der Waals surface area contributed by atoms with E-state index in [2.05, 4.69) is 0 Å². The van der Waals surface area contributed by atoms with Gasteiger partial charge in [0.1, 0.15) is 5.38 Å². The van der Waals surface area contributed by atoms with Crippen molar-refractivity contribution in [3.05, 3.63) is 34.2 Å². The van der Waals surface area contributed by atoms with Crippen LogP contribution in [0.1, 0.15) is 25.0 Å². The molecule has 1 aromatic rings. The molecule has 19 heavy (non-hydrogen) atoms. The van der Waals surface area contributed by atoms with Crippen molar-refractivity contribution in [1.29, 1.82) is 0 Å². The van der Waals surface area contributed by atoms with Gasteiger partial charge in [-0.1, -0.05) is 6.07 Å². The Morgan fingerprint density at radius 1 is 1.37 bits per heavy atom. The number of hydrogen-bond donors (Lipinski definition) is 0. The number of fused-ring (bicyclic) bond motifs is 4. The van der Waals surface area contributed by atoms with E-state index >= 15 is 0 Å². The maximum absolute atomic E-state index is 12.0. The first-order chi connectivity index (χ1) is 9.06. The number of pyridine rings is 1. The molecule has 2 bridgehead atoms. The molecule has 5 heteroatoms. The standard InChI is InChI=1S/C14H17ClN2O2/c1-9(15)14(19)16-6-10-5-11(8-16)12-3-2-4-13(18)17(12)7-10/h2-4,9-11H,5-8H2,1H3. The van der Waals surface area contributed by atoms with E-state index in [0.717, 1.165) is 12.1 Å². The maximum Gasteiger partial charge on any atom is 0.250 e. The minimum absolute atomic E-state index is 0.00287. The summed E-state index contributed by atoms with van der Waals surface area (Å²) < 4.78 is 1.87. The molecule has 2 aliphatic heterocycles. The highest BCUT2D eigenvalue weighted by molar-refractivity contribution is 6.30. The number of carbonyl (C=O) groups is 1. The van der Waals surface area contributed by atoms with Gasteiger partial charge in [0.15, 0.2) is 0 Å². The predicted molar refractivity (Wildman–Crippen MR) is 73.4 cm³/mol. The molecule has 1 amide bonds. The number of piperidine rings is 1. The van der Waals surface area contributed by atoms with Crippen LogP contribution in [0.3, 0.4) is 0 Å². The Hall–Kier alpha value is -1.29. The molecule has 2 aliphatic rings. The van der Waals surface area contributed by atoms with Gasteiger partial charge < -0.3 is 9.47 Å². The van der Waals surface area contributed by atoms with E-state index in [4.69, 9.17) is 11.6 Å². The minimum atomic E-state index is -0.475. The third-order valence-corrected chi connectivity index (χ3v) is 4.32. The van der Waals surface area contributed by atoms with Crippen LogP contribution in [0.25, 0.3) is 0 Å². The Morgan fingerprint density at radius 3 is 2.89 bits per heavy atom. The Kier molecular flexibility index (Phi) is 3.13. The molecule has 1 saturated heterocycles. The second kappa shape index (κ2) is 4.67.